The lowest BCUT2D eigenvalue weighted by molar-refractivity contribution is 0.213. The van der Waals surface area contributed by atoms with Gasteiger partial charge in [-0.15, -0.1) is 11.8 Å². The molecule has 1 fully saturated rings. The molecule has 0 saturated carbocycles. The normalized spacial score (nSPS) is 17.3. The van der Waals surface area contributed by atoms with Gasteiger partial charge in [0, 0.05) is 23.5 Å². The number of benzene rings is 2. The number of anilines is 1. The molecule has 3 rings (SSSR count). The number of hydrogen-bond acceptors (Lipinski definition) is 2. The second-order valence-corrected chi connectivity index (χ2v) is 7.00. The number of nitrogens with one attached hydrogen (secondary N) is 1. The molecule has 23 heavy (non-hydrogen) atoms. The van der Waals surface area contributed by atoms with Crippen LogP contribution in [0.15, 0.2) is 42.5 Å². The Kier molecular flexibility index (Phi) is 4.99. The van der Waals surface area contributed by atoms with E-state index >= 15 is 0 Å². The van der Waals surface area contributed by atoms with E-state index in [1.54, 1.807) is 53.1 Å². The van der Waals surface area contributed by atoms with E-state index in [0.717, 1.165) is 5.75 Å². The third-order valence-corrected chi connectivity index (χ3v) is 5.48. The molecule has 1 saturated heterocycles. The molecule has 2 aromatic rings. The maximum Gasteiger partial charge on any atom is 0.323 e. The van der Waals surface area contributed by atoms with E-state index in [9.17, 15) is 9.18 Å². The first-order chi connectivity index (χ1) is 11.1. The third-order valence-electron chi connectivity index (χ3n) is 3.49. The molecule has 1 aliphatic heterocycles. The Labute approximate surface area is 147 Å². The molecule has 2 aromatic carbocycles. The van der Waals surface area contributed by atoms with Crippen LogP contribution in [-0.2, 0) is 0 Å². The fourth-order valence-electron chi connectivity index (χ4n) is 2.38. The highest BCUT2D eigenvalue weighted by Crippen LogP contribution is 2.39. The Morgan fingerprint density at radius 1 is 1.22 bits per heavy atom. The van der Waals surface area contributed by atoms with Gasteiger partial charge in [0.15, 0.2) is 0 Å². The molecule has 0 radical (unpaired) electrons. The number of amides is 2. The molecule has 1 aliphatic rings. The number of hydrogen-bond donors (Lipinski definition) is 1. The molecule has 2 amide bonds. The first kappa shape index (κ1) is 16.4. The third kappa shape index (κ3) is 3.57. The number of thioether (sulfide) groups is 1. The smallest absolute Gasteiger partial charge is 0.308 e. The Morgan fingerprint density at radius 2 is 2.00 bits per heavy atom. The van der Waals surface area contributed by atoms with Crippen molar-refractivity contribution in [3.63, 3.8) is 0 Å². The number of urea groups is 1. The summed E-state index contributed by atoms with van der Waals surface area (Å²) in [5, 5.41) is 3.23. The van der Waals surface area contributed by atoms with Crippen molar-refractivity contribution in [2.45, 2.75) is 5.37 Å². The lowest BCUT2D eigenvalue weighted by Crippen LogP contribution is -2.34. The molecule has 7 heteroatoms. The lowest BCUT2D eigenvalue weighted by atomic mass is 10.2. The van der Waals surface area contributed by atoms with Crippen LogP contribution in [0.4, 0.5) is 14.9 Å². The van der Waals surface area contributed by atoms with Crippen LogP contribution in [0.3, 0.4) is 0 Å². The topological polar surface area (TPSA) is 32.3 Å². The van der Waals surface area contributed by atoms with Crippen LogP contribution in [0.1, 0.15) is 10.9 Å². The minimum atomic E-state index is -0.334. The number of carbonyl (C=O) groups is 1. The van der Waals surface area contributed by atoms with Crippen molar-refractivity contribution in [1.82, 2.24) is 4.90 Å². The molecule has 0 spiro atoms. The summed E-state index contributed by atoms with van der Waals surface area (Å²) in [6.45, 7) is 0.552. The highest BCUT2D eigenvalue weighted by Gasteiger charge is 2.32. The van der Waals surface area contributed by atoms with Gasteiger partial charge in [-0.3, -0.25) is 0 Å². The van der Waals surface area contributed by atoms with Gasteiger partial charge in [0.05, 0.1) is 10.0 Å². The van der Waals surface area contributed by atoms with Crippen molar-refractivity contribution >= 4 is 46.7 Å². The van der Waals surface area contributed by atoms with Crippen molar-refractivity contribution in [2.24, 2.45) is 0 Å². The lowest BCUT2D eigenvalue weighted by Gasteiger charge is -2.24. The molecule has 0 unspecified atom stereocenters. The fraction of sp³-hybridized carbons (Fsp3) is 0.188. The first-order valence-corrected chi connectivity index (χ1v) is 8.75. The van der Waals surface area contributed by atoms with E-state index in [1.807, 2.05) is 0 Å². The number of carbonyl (C=O) groups excluding carboxylic acids is 1. The maximum absolute atomic E-state index is 14.0. The van der Waals surface area contributed by atoms with Crippen LogP contribution in [-0.4, -0.2) is 23.2 Å². The van der Waals surface area contributed by atoms with Gasteiger partial charge in [0.1, 0.15) is 11.2 Å². The molecule has 0 aromatic heterocycles. The van der Waals surface area contributed by atoms with E-state index in [1.165, 1.54) is 6.07 Å². The van der Waals surface area contributed by atoms with Crippen molar-refractivity contribution in [1.29, 1.82) is 0 Å². The summed E-state index contributed by atoms with van der Waals surface area (Å²) in [5.74, 6) is 0.451. The van der Waals surface area contributed by atoms with Gasteiger partial charge in [-0.2, -0.15) is 0 Å². The zero-order chi connectivity index (χ0) is 16.4. The molecule has 1 N–H and O–H groups in total. The summed E-state index contributed by atoms with van der Waals surface area (Å²) < 4.78 is 14.0. The molecule has 3 nitrogen and oxygen atoms in total. The van der Waals surface area contributed by atoms with Crippen molar-refractivity contribution in [2.75, 3.05) is 17.6 Å². The zero-order valence-electron chi connectivity index (χ0n) is 11.9. The maximum atomic E-state index is 14.0. The van der Waals surface area contributed by atoms with Crippen LogP contribution in [0.2, 0.25) is 10.0 Å². The van der Waals surface area contributed by atoms with Gasteiger partial charge in [-0.05, 0) is 24.3 Å². The largest absolute Gasteiger partial charge is 0.323 e. The van der Waals surface area contributed by atoms with E-state index in [4.69, 9.17) is 23.2 Å². The molecule has 120 valence electrons. The summed E-state index contributed by atoms with van der Waals surface area (Å²) in [7, 11) is 0. The number of rotatable bonds is 2. The second-order valence-electron chi connectivity index (χ2n) is 5.00. The predicted octanol–water partition coefficient (Wildman–Crippen LogP) is 5.41. The second kappa shape index (κ2) is 6.99. The summed E-state index contributed by atoms with van der Waals surface area (Å²) in [5.41, 5.74) is 1.06. The van der Waals surface area contributed by atoms with Crippen molar-refractivity contribution < 1.29 is 9.18 Å². The van der Waals surface area contributed by atoms with E-state index in [2.05, 4.69) is 5.32 Å². The number of halogens is 3. The highest BCUT2D eigenvalue weighted by atomic mass is 35.5. The van der Waals surface area contributed by atoms with Crippen LogP contribution in [0.25, 0.3) is 0 Å². The quantitative estimate of drug-likeness (QED) is 0.765. The Balaban J connectivity index is 1.78. The molecule has 0 aliphatic carbocycles. The predicted molar refractivity (Wildman–Crippen MR) is 93.8 cm³/mol. The van der Waals surface area contributed by atoms with Gasteiger partial charge in [-0.25, -0.2) is 9.18 Å². The van der Waals surface area contributed by atoms with Gasteiger partial charge >= 0.3 is 6.03 Å². The van der Waals surface area contributed by atoms with E-state index < -0.39 is 0 Å². The minimum absolute atomic E-state index is 0.290. The minimum Gasteiger partial charge on any atom is -0.308 e. The standard InChI is InChI=1S/C16H13Cl2FN2OS/c17-12-6-5-10(9-13(12)18)20-16(22)21-7-8-23-15(21)11-3-1-2-4-14(11)19/h1-6,9,15H,7-8H2,(H,20,22)/t15-/m1/s1. The molecule has 1 atom stereocenters. The summed E-state index contributed by atoms with van der Waals surface area (Å²) in [6, 6.07) is 11.1. The van der Waals surface area contributed by atoms with Crippen molar-refractivity contribution in [3.05, 3.63) is 63.9 Å². The summed E-state index contributed by atoms with van der Waals surface area (Å²) in [4.78, 5) is 14.1. The number of nitrogens with zero attached hydrogens (tertiary/aromatic N) is 1. The Bertz CT molecular complexity index is 744. The van der Waals surface area contributed by atoms with Crippen molar-refractivity contribution in [3.8, 4) is 0 Å². The SMILES string of the molecule is O=C(Nc1ccc(Cl)c(Cl)c1)N1CCS[C@@H]1c1ccccc1F. The zero-order valence-corrected chi connectivity index (χ0v) is 14.3. The molecular weight excluding hydrogens is 358 g/mol. The van der Waals surface area contributed by atoms with Gasteiger partial charge in [-0.1, -0.05) is 41.4 Å². The molecule has 1 heterocycles. The Hall–Kier alpha value is -1.43. The average Bonchev–Trinajstić information content (AvgIpc) is 3.01. The van der Waals surface area contributed by atoms with Crippen LogP contribution in [0.5, 0.6) is 0 Å². The summed E-state index contributed by atoms with van der Waals surface area (Å²) in [6.07, 6.45) is 0. The fourth-order valence-corrected chi connectivity index (χ4v) is 3.96. The van der Waals surface area contributed by atoms with Gasteiger partial charge in [0.2, 0.25) is 0 Å². The summed E-state index contributed by atoms with van der Waals surface area (Å²) >= 11 is 13.4. The molecule has 0 bridgehead atoms. The highest BCUT2D eigenvalue weighted by molar-refractivity contribution is 7.99. The van der Waals surface area contributed by atoms with Crippen LogP contribution >= 0.6 is 35.0 Å². The van der Waals surface area contributed by atoms with Gasteiger partial charge in [0.25, 0.3) is 0 Å². The Morgan fingerprint density at radius 3 is 2.74 bits per heavy atom. The van der Waals surface area contributed by atoms with Crippen LogP contribution in [0, 0.1) is 5.82 Å². The van der Waals surface area contributed by atoms with Gasteiger partial charge < -0.3 is 10.2 Å². The first-order valence-electron chi connectivity index (χ1n) is 6.95. The average molecular weight is 371 g/mol. The monoisotopic (exact) mass is 370 g/mol. The van der Waals surface area contributed by atoms with Crippen LogP contribution < -0.4 is 5.32 Å². The molecular formula is C16H13Cl2FN2OS. The van der Waals surface area contributed by atoms with E-state index in [-0.39, 0.29) is 17.2 Å². The van der Waals surface area contributed by atoms with E-state index in [0.29, 0.717) is 27.8 Å².